The smallest absolute Gasteiger partial charge is 0.0724 e. The topological polar surface area (TPSA) is 38.1 Å². The van der Waals surface area contributed by atoms with Crippen LogP contribution in [0.15, 0.2) is 6.07 Å². The van der Waals surface area contributed by atoms with Gasteiger partial charge in [-0.25, -0.2) is 0 Å². The van der Waals surface area contributed by atoms with Crippen LogP contribution < -0.4 is 0 Å². The van der Waals surface area contributed by atoms with Crippen LogP contribution in [0.1, 0.15) is 24.7 Å². The molecule has 0 aliphatic carbocycles. The number of rotatable bonds is 4. The van der Waals surface area contributed by atoms with Gasteiger partial charge in [-0.05, 0) is 19.4 Å². The molecule has 3 nitrogen and oxygen atoms in total. The van der Waals surface area contributed by atoms with Crippen molar-refractivity contribution in [3.8, 4) is 0 Å². The van der Waals surface area contributed by atoms with Crippen LogP contribution >= 0.6 is 23.5 Å². The summed E-state index contributed by atoms with van der Waals surface area (Å²) >= 11 is 3.95. The molecule has 1 N–H and O–H groups in total. The van der Waals surface area contributed by atoms with E-state index < -0.39 is 0 Å². The second-order valence-electron chi connectivity index (χ2n) is 4.83. The van der Waals surface area contributed by atoms with Crippen molar-refractivity contribution in [1.82, 2.24) is 9.78 Å². The highest BCUT2D eigenvalue weighted by Crippen LogP contribution is 2.35. The molecule has 0 bridgehead atoms. The van der Waals surface area contributed by atoms with Crippen molar-refractivity contribution >= 4 is 23.5 Å². The fourth-order valence-corrected chi connectivity index (χ4v) is 5.63. The Bertz CT molecular complexity index is 394. The van der Waals surface area contributed by atoms with Gasteiger partial charge < -0.3 is 5.11 Å². The maximum absolute atomic E-state index is 10.5. The van der Waals surface area contributed by atoms with E-state index in [4.69, 9.17) is 0 Å². The third-order valence-electron chi connectivity index (χ3n) is 3.39. The molecule has 1 aromatic heterocycles. The van der Waals surface area contributed by atoms with Gasteiger partial charge in [0.15, 0.2) is 0 Å². The molecule has 1 fully saturated rings. The van der Waals surface area contributed by atoms with Crippen LogP contribution in [0.5, 0.6) is 0 Å². The van der Waals surface area contributed by atoms with E-state index in [9.17, 15) is 5.11 Å². The predicted molar refractivity (Wildman–Crippen MR) is 80.4 cm³/mol. The molecule has 102 valence electrons. The monoisotopic (exact) mass is 286 g/mol. The fourth-order valence-electron chi connectivity index (χ4n) is 2.48. The van der Waals surface area contributed by atoms with Crippen LogP contribution in [0, 0.1) is 6.92 Å². The Hall–Kier alpha value is -0.130. The van der Waals surface area contributed by atoms with E-state index >= 15 is 0 Å². The lowest BCUT2D eigenvalue weighted by Crippen LogP contribution is -2.37. The number of aliphatic hydroxyl groups is 1. The molecule has 2 rings (SSSR count). The maximum Gasteiger partial charge on any atom is 0.0724 e. The van der Waals surface area contributed by atoms with Gasteiger partial charge in [0.25, 0.3) is 0 Å². The third-order valence-corrected chi connectivity index (χ3v) is 6.78. The summed E-state index contributed by atoms with van der Waals surface area (Å²) in [6, 6.07) is 2.07. The molecule has 0 amide bonds. The lowest BCUT2D eigenvalue weighted by molar-refractivity contribution is 0.167. The minimum atomic E-state index is -0.262. The van der Waals surface area contributed by atoms with Crippen LogP contribution in [0.3, 0.4) is 0 Å². The summed E-state index contributed by atoms with van der Waals surface area (Å²) in [5.74, 6) is 2.38. The number of aromatic nitrogens is 2. The van der Waals surface area contributed by atoms with Crippen molar-refractivity contribution < 1.29 is 5.11 Å². The molecular formula is C13H22N2OS2. The second-order valence-corrected chi connectivity index (χ2v) is 7.46. The van der Waals surface area contributed by atoms with Gasteiger partial charge in [-0.2, -0.15) is 28.6 Å². The quantitative estimate of drug-likeness (QED) is 0.921. The Morgan fingerprint density at radius 1 is 1.50 bits per heavy atom. The fraction of sp³-hybridized carbons (Fsp3) is 0.769. The van der Waals surface area contributed by atoms with Crippen LogP contribution in [0.2, 0.25) is 0 Å². The highest BCUT2D eigenvalue weighted by molar-refractivity contribution is 8.07. The van der Waals surface area contributed by atoms with E-state index in [0.717, 1.165) is 23.6 Å². The minimum Gasteiger partial charge on any atom is -0.392 e. The highest BCUT2D eigenvalue weighted by Gasteiger charge is 2.31. The summed E-state index contributed by atoms with van der Waals surface area (Å²) in [5.41, 5.74) is 2.16. The van der Waals surface area contributed by atoms with Gasteiger partial charge in [-0.15, -0.1) is 0 Å². The molecule has 3 atom stereocenters. The Labute approximate surface area is 118 Å². The summed E-state index contributed by atoms with van der Waals surface area (Å²) in [7, 11) is 1.95. The molecule has 0 radical (unpaired) electrons. The number of hydrogen-bond acceptors (Lipinski definition) is 4. The zero-order chi connectivity index (χ0) is 13.1. The number of hydrogen-bond donors (Lipinski definition) is 1. The van der Waals surface area contributed by atoms with Crippen molar-refractivity contribution in [2.45, 2.75) is 43.3 Å². The molecule has 5 heteroatoms. The van der Waals surface area contributed by atoms with E-state index in [1.165, 1.54) is 5.75 Å². The number of aliphatic hydroxyl groups excluding tert-OH is 1. The predicted octanol–water partition coefficient (Wildman–Crippen LogP) is 2.26. The van der Waals surface area contributed by atoms with Gasteiger partial charge >= 0.3 is 0 Å². The molecule has 1 saturated heterocycles. The van der Waals surface area contributed by atoms with E-state index in [1.54, 1.807) is 0 Å². The van der Waals surface area contributed by atoms with E-state index in [1.807, 2.05) is 42.2 Å². The minimum absolute atomic E-state index is 0.262. The Morgan fingerprint density at radius 2 is 2.22 bits per heavy atom. The van der Waals surface area contributed by atoms with Crippen LogP contribution in [-0.2, 0) is 13.5 Å². The standard InChI is InChI=1S/C13H22N2OS2/c1-4-12-13(18-6-5-17-12)11(16)8-10-7-9(2)14-15(10)3/h7,11-13,16H,4-6,8H2,1-3H3. The average molecular weight is 286 g/mol. The first kappa shape index (κ1) is 14.3. The van der Waals surface area contributed by atoms with Crippen molar-refractivity contribution in [1.29, 1.82) is 0 Å². The molecule has 0 spiro atoms. The average Bonchev–Trinajstić information content (AvgIpc) is 2.67. The van der Waals surface area contributed by atoms with Crippen LogP contribution in [0.4, 0.5) is 0 Å². The summed E-state index contributed by atoms with van der Waals surface area (Å²) in [4.78, 5) is 0. The largest absolute Gasteiger partial charge is 0.392 e. The van der Waals surface area contributed by atoms with E-state index in [0.29, 0.717) is 16.9 Å². The lowest BCUT2D eigenvalue weighted by atomic mass is 10.1. The number of thioether (sulfide) groups is 2. The van der Waals surface area contributed by atoms with Crippen LogP contribution in [0.25, 0.3) is 0 Å². The SMILES string of the molecule is CCC1SCCSC1C(O)Cc1cc(C)nn1C. The zero-order valence-electron chi connectivity index (χ0n) is 11.3. The Morgan fingerprint density at radius 3 is 2.83 bits per heavy atom. The molecule has 1 aromatic rings. The zero-order valence-corrected chi connectivity index (χ0v) is 12.9. The Balaban J connectivity index is 2.02. The van der Waals surface area contributed by atoms with Crippen molar-refractivity contribution in [2.24, 2.45) is 7.05 Å². The second kappa shape index (κ2) is 6.35. The van der Waals surface area contributed by atoms with Gasteiger partial charge in [-0.3, -0.25) is 4.68 Å². The highest BCUT2D eigenvalue weighted by atomic mass is 32.2. The molecule has 18 heavy (non-hydrogen) atoms. The summed E-state index contributed by atoms with van der Waals surface area (Å²) in [5, 5.41) is 15.8. The van der Waals surface area contributed by atoms with Crippen molar-refractivity contribution in [3.63, 3.8) is 0 Å². The van der Waals surface area contributed by atoms with Crippen molar-refractivity contribution in [2.75, 3.05) is 11.5 Å². The van der Waals surface area contributed by atoms with Crippen molar-refractivity contribution in [3.05, 3.63) is 17.5 Å². The maximum atomic E-state index is 10.5. The third kappa shape index (κ3) is 3.25. The first-order chi connectivity index (χ1) is 8.61. The van der Waals surface area contributed by atoms with Gasteiger partial charge in [0.05, 0.1) is 11.8 Å². The number of nitrogens with zero attached hydrogens (tertiary/aromatic N) is 2. The Kier molecular flexibility index (Phi) is 5.04. The first-order valence-corrected chi connectivity index (χ1v) is 8.62. The summed E-state index contributed by atoms with van der Waals surface area (Å²) < 4.78 is 1.89. The first-order valence-electron chi connectivity index (χ1n) is 6.52. The van der Waals surface area contributed by atoms with Gasteiger partial charge in [0.1, 0.15) is 0 Å². The number of aryl methyl sites for hydroxylation is 2. The molecular weight excluding hydrogens is 264 g/mol. The molecule has 3 unspecified atom stereocenters. The van der Waals surface area contributed by atoms with Gasteiger partial charge in [-0.1, -0.05) is 6.92 Å². The van der Waals surface area contributed by atoms with Gasteiger partial charge in [0, 0.05) is 41.2 Å². The lowest BCUT2D eigenvalue weighted by Gasteiger charge is -2.33. The summed E-state index contributed by atoms with van der Waals surface area (Å²) in [6.45, 7) is 4.22. The van der Waals surface area contributed by atoms with E-state index in [-0.39, 0.29) is 6.10 Å². The van der Waals surface area contributed by atoms with Gasteiger partial charge in [0.2, 0.25) is 0 Å². The summed E-state index contributed by atoms with van der Waals surface area (Å²) in [6.07, 6.45) is 1.60. The molecule has 2 heterocycles. The van der Waals surface area contributed by atoms with Crippen LogP contribution in [-0.4, -0.2) is 43.0 Å². The molecule has 0 aromatic carbocycles. The van der Waals surface area contributed by atoms with E-state index in [2.05, 4.69) is 18.1 Å². The molecule has 1 aliphatic rings. The normalized spacial score (nSPS) is 26.2. The molecule has 0 saturated carbocycles. The molecule has 1 aliphatic heterocycles.